The second-order valence-corrected chi connectivity index (χ2v) is 35.3. The number of esters is 4. The van der Waals surface area contributed by atoms with E-state index in [0.29, 0.717) is 31.6 Å². The number of phosphoric acid groups is 2. The normalized spacial score (nSPS) is 14.4. The summed E-state index contributed by atoms with van der Waals surface area (Å²) in [6, 6.07) is 0. The summed E-state index contributed by atoms with van der Waals surface area (Å²) in [5.74, 6) is 1.09. The Labute approximate surface area is 645 Å². The average Bonchev–Trinajstić information content (AvgIpc) is 0.906. The van der Waals surface area contributed by atoms with Gasteiger partial charge in [-0.25, -0.2) is 9.13 Å². The van der Waals surface area contributed by atoms with Crippen molar-refractivity contribution in [1.29, 1.82) is 0 Å². The van der Waals surface area contributed by atoms with Gasteiger partial charge >= 0.3 is 39.5 Å². The van der Waals surface area contributed by atoms with Crippen LogP contribution in [0.5, 0.6) is 0 Å². The van der Waals surface area contributed by atoms with Gasteiger partial charge in [-0.2, -0.15) is 0 Å². The van der Waals surface area contributed by atoms with E-state index in [4.69, 9.17) is 37.0 Å². The summed E-state index contributed by atoms with van der Waals surface area (Å²) in [4.78, 5) is 73.2. The smallest absolute Gasteiger partial charge is 0.462 e. The Morgan fingerprint density at radius 3 is 0.676 bits per heavy atom. The molecule has 0 radical (unpaired) electrons. The minimum atomic E-state index is -4.97. The van der Waals surface area contributed by atoms with E-state index in [2.05, 4.69) is 55.4 Å². The lowest BCUT2D eigenvalue weighted by Crippen LogP contribution is -2.30. The van der Waals surface area contributed by atoms with Gasteiger partial charge in [0.05, 0.1) is 26.4 Å². The molecule has 0 aromatic heterocycles. The monoisotopic (exact) mass is 1540 g/mol. The van der Waals surface area contributed by atoms with Gasteiger partial charge in [-0.1, -0.05) is 396 Å². The van der Waals surface area contributed by atoms with Crippen molar-refractivity contribution in [3.05, 3.63) is 0 Å². The first-order chi connectivity index (χ1) is 50.7. The van der Waals surface area contributed by atoms with Crippen LogP contribution in [0.1, 0.15) is 447 Å². The SMILES string of the molecule is CCC(C)CCCCCCCCCCCCCCCCCCCCC(=O)O[C@H](COC(=O)CCCCCCCCCC(C)C)COP(=O)(O)OCC(O)COP(=O)(O)OC[C@@H](COC(=O)CCCCCCCCCCCCC(C)CC)OC(=O)CCCCCCCCCCCCCCCCCCC(C)C. The highest BCUT2D eigenvalue weighted by molar-refractivity contribution is 7.47. The van der Waals surface area contributed by atoms with E-state index in [0.717, 1.165) is 114 Å². The first-order valence-corrected chi connectivity index (χ1v) is 47.3. The zero-order valence-corrected chi connectivity index (χ0v) is 71.2. The van der Waals surface area contributed by atoms with Crippen molar-refractivity contribution < 1.29 is 80.2 Å². The van der Waals surface area contributed by atoms with Crippen LogP contribution < -0.4 is 0 Å². The second kappa shape index (κ2) is 74.8. The highest BCUT2D eigenvalue weighted by Gasteiger charge is 2.31. The summed E-state index contributed by atoms with van der Waals surface area (Å²) in [6.07, 6.45) is 63.9. The van der Waals surface area contributed by atoms with E-state index in [1.54, 1.807) is 0 Å². The first-order valence-electron chi connectivity index (χ1n) is 44.3. The third kappa shape index (κ3) is 77.2. The first kappa shape index (κ1) is 103. The van der Waals surface area contributed by atoms with Crippen LogP contribution in [0.4, 0.5) is 0 Å². The van der Waals surface area contributed by atoms with Crippen molar-refractivity contribution in [1.82, 2.24) is 0 Å². The third-order valence-electron chi connectivity index (χ3n) is 20.8. The lowest BCUT2D eigenvalue weighted by molar-refractivity contribution is -0.161. The van der Waals surface area contributed by atoms with Crippen molar-refractivity contribution in [2.45, 2.75) is 465 Å². The van der Waals surface area contributed by atoms with Gasteiger partial charge in [-0.15, -0.1) is 0 Å². The fourth-order valence-electron chi connectivity index (χ4n) is 13.3. The summed E-state index contributed by atoms with van der Waals surface area (Å²) >= 11 is 0. The van der Waals surface area contributed by atoms with Gasteiger partial charge in [0.25, 0.3) is 0 Å². The van der Waals surface area contributed by atoms with Gasteiger partial charge in [0.2, 0.25) is 0 Å². The molecule has 0 bridgehead atoms. The summed E-state index contributed by atoms with van der Waals surface area (Å²) in [5.41, 5.74) is 0. The molecule has 0 aliphatic rings. The Bertz CT molecular complexity index is 2050. The molecule has 0 aromatic rings. The number of carbonyl (C=O) groups excluding carboxylic acids is 4. The number of ether oxygens (including phenoxy) is 4. The van der Waals surface area contributed by atoms with Crippen LogP contribution in [0.2, 0.25) is 0 Å². The summed E-state index contributed by atoms with van der Waals surface area (Å²) in [6.45, 7) is 14.3. The highest BCUT2D eigenvalue weighted by Crippen LogP contribution is 2.45. The number of hydrogen-bond donors (Lipinski definition) is 3. The maximum absolute atomic E-state index is 13.1. The van der Waals surface area contributed by atoms with Crippen LogP contribution in [0.25, 0.3) is 0 Å². The molecule has 624 valence electrons. The number of phosphoric ester groups is 2. The van der Waals surface area contributed by atoms with Gasteiger partial charge in [0, 0.05) is 25.7 Å². The molecule has 0 aromatic carbocycles. The Morgan fingerprint density at radius 1 is 0.267 bits per heavy atom. The molecule has 0 spiro atoms. The number of hydrogen-bond acceptors (Lipinski definition) is 15. The summed E-state index contributed by atoms with van der Waals surface area (Å²) in [7, 11) is -9.93. The van der Waals surface area contributed by atoms with E-state index >= 15 is 0 Å². The molecule has 0 saturated carbocycles. The fourth-order valence-corrected chi connectivity index (χ4v) is 14.8. The molecule has 0 aliphatic carbocycles. The topological polar surface area (TPSA) is 237 Å². The van der Waals surface area contributed by atoms with E-state index in [1.165, 1.54) is 244 Å². The molecule has 105 heavy (non-hydrogen) atoms. The largest absolute Gasteiger partial charge is 0.472 e. The number of aliphatic hydroxyl groups is 1. The van der Waals surface area contributed by atoms with Gasteiger partial charge in [-0.05, 0) is 49.4 Å². The predicted octanol–water partition coefficient (Wildman–Crippen LogP) is 25.9. The maximum Gasteiger partial charge on any atom is 0.472 e. The molecule has 19 heteroatoms. The summed E-state index contributed by atoms with van der Waals surface area (Å²) in [5, 5.41) is 10.7. The lowest BCUT2D eigenvalue weighted by atomic mass is 9.99. The van der Waals surface area contributed by atoms with Crippen molar-refractivity contribution in [2.24, 2.45) is 23.7 Å². The lowest BCUT2D eigenvalue weighted by Gasteiger charge is -2.21. The number of carbonyl (C=O) groups is 4. The number of aliphatic hydroxyl groups excluding tert-OH is 1. The highest BCUT2D eigenvalue weighted by atomic mass is 31.2. The van der Waals surface area contributed by atoms with Gasteiger partial charge in [-0.3, -0.25) is 37.3 Å². The van der Waals surface area contributed by atoms with Crippen LogP contribution in [0.3, 0.4) is 0 Å². The van der Waals surface area contributed by atoms with Gasteiger partial charge in [0.15, 0.2) is 12.2 Å². The molecule has 0 heterocycles. The molecular weight excluding hydrogens is 1370 g/mol. The molecular formula is C86H168O17P2. The quantitative estimate of drug-likeness (QED) is 0.0222. The molecule has 5 unspecified atom stereocenters. The minimum absolute atomic E-state index is 0.107. The van der Waals surface area contributed by atoms with Gasteiger partial charge in [0.1, 0.15) is 19.3 Å². The van der Waals surface area contributed by atoms with Crippen molar-refractivity contribution >= 4 is 39.5 Å². The Hall–Kier alpha value is -1.94. The van der Waals surface area contributed by atoms with Gasteiger partial charge < -0.3 is 33.8 Å². The molecule has 3 N–H and O–H groups in total. The molecule has 0 fully saturated rings. The minimum Gasteiger partial charge on any atom is -0.462 e. The Morgan fingerprint density at radius 2 is 0.457 bits per heavy atom. The Balaban J connectivity index is 5.20. The van der Waals surface area contributed by atoms with Crippen LogP contribution in [0, 0.1) is 23.7 Å². The van der Waals surface area contributed by atoms with Crippen molar-refractivity contribution in [3.63, 3.8) is 0 Å². The Kier molecular flexibility index (Phi) is 73.4. The van der Waals surface area contributed by atoms with E-state index < -0.39 is 97.5 Å². The molecule has 17 nitrogen and oxygen atoms in total. The molecule has 0 rings (SSSR count). The van der Waals surface area contributed by atoms with Crippen LogP contribution in [-0.2, 0) is 65.4 Å². The zero-order valence-electron chi connectivity index (χ0n) is 69.4. The number of rotatable bonds is 83. The van der Waals surface area contributed by atoms with Crippen LogP contribution in [0.15, 0.2) is 0 Å². The van der Waals surface area contributed by atoms with Crippen LogP contribution >= 0.6 is 15.6 Å². The van der Waals surface area contributed by atoms with E-state index in [-0.39, 0.29) is 25.7 Å². The maximum atomic E-state index is 13.1. The molecule has 0 aliphatic heterocycles. The molecule has 0 amide bonds. The van der Waals surface area contributed by atoms with E-state index in [1.807, 2.05) is 0 Å². The molecule has 7 atom stereocenters. The van der Waals surface area contributed by atoms with Crippen molar-refractivity contribution in [3.8, 4) is 0 Å². The van der Waals surface area contributed by atoms with Crippen molar-refractivity contribution in [2.75, 3.05) is 39.6 Å². The molecule has 0 saturated heterocycles. The summed E-state index contributed by atoms with van der Waals surface area (Å²) < 4.78 is 68.9. The third-order valence-corrected chi connectivity index (χ3v) is 22.7. The fraction of sp³-hybridized carbons (Fsp3) is 0.953. The number of unbranched alkanes of at least 4 members (excludes halogenated alkanes) is 47. The van der Waals surface area contributed by atoms with E-state index in [9.17, 15) is 43.2 Å². The predicted molar refractivity (Wildman–Crippen MR) is 432 cm³/mol. The average molecular weight is 1540 g/mol. The van der Waals surface area contributed by atoms with Crippen LogP contribution in [-0.4, -0.2) is 96.7 Å². The zero-order chi connectivity index (χ0) is 77.4. The standard InChI is InChI=1S/C86H168O17P2/c1-9-78(7)64-56-48-40-32-26-22-18-13-11-12-14-19-23-27-35-43-52-60-69-86(91)103-82(73-97-84(89)67-59-51-45-37-39-47-55-63-77(5)6)75-101-105(94,95)99-71-80(87)70-98-104(92,93)100-74-81(72-96-83(88)66-58-50-42-34-30-29-33-41-49-57-65-79(8)10-2)102-85(90)68-61-53-44-36-28-24-20-16-15-17-21-25-31-38-46-54-62-76(3)4/h76-82,87H,9-75H2,1-8H3,(H,92,93)(H,94,95)/t78?,79?,80?,81-,82-/m1/s1. The second-order valence-electron chi connectivity index (χ2n) is 32.4.